The second kappa shape index (κ2) is 10.5. The lowest BCUT2D eigenvalue weighted by atomic mass is 9.85. The molecule has 0 amide bonds. The number of piperidine rings is 1. The Bertz CT molecular complexity index is 1080. The summed E-state index contributed by atoms with van der Waals surface area (Å²) in [6.45, 7) is 6.92. The van der Waals surface area contributed by atoms with E-state index in [1.165, 1.54) is 12.1 Å². The van der Waals surface area contributed by atoms with Gasteiger partial charge in [0.25, 0.3) is 0 Å². The minimum atomic E-state index is -3.53. The Kier molecular flexibility index (Phi) is 8.16. The number of sulfonamides is 1. The molecular weight excluding hydrogens is 463 g/mol. The largest absolute Gasteiger partial charge is 0.368 e. The molecule has 0 unspecified atom stereocenters. The maximum atomic E-state index is 13.5. The quantitative estimate of drug-likeness (QED) is 0.665. The van der Waals surface area contributed by atoms with Crippen molar-refractivity contribution in [1.29, 1.82) is 0 Å². The number of rotatable bonds is 5. The minimum Gasteiger partial charge on any atom is -0.368 e. The fourth-order valence-corrected chi connectivity index (χ4v) is 5.89. The van der Waals surface area contributed by atoms with Gasteiger partial charge in [0, 0.05) is 26.2 Å². The third-order valence-electron chi connectivity index (χ3n) is 6.41. The zero-order chi connectivity index (χ0) is 22.8. The van der Waals surface area contributed by atoms with Gasteiger partial charge >= 0.3 is 0 Å². The average molecular weight is 495 g/mol. The molecule has 0 aliphatic carbocycles. The Morgan fingerprint density at radius 2 is 1.85 bits per heavy atom. The zero-order valence-corrected chi connectivity index (χ0v) is 20.7. The molecule has 0 radical (unpaired) electrons. The molecule has 2 N–H and O–H groups in total. The van der Waals surface area contributed by atoms with Crippen molar-refractivity contribution in [3.05, 3.63) is 65.5 Å². The van der Waals surface area contributed by atoms with Crippen LogP contribution in [-0.2, 0) is 16.6 Å². The standard InChI is InChI=1S/C24H31FN4O2S.ClH/c1-18(2)20-6-8-22(9-7-20)32(30,31)29-14-10-24(11-15-29)23(26-12-13-28-24)27-17-19-4-3-5-21(25)16-19;/h3-9,16,18,28H,10-15,17H2,1-2H3,(H,26,27);1H. The highest BCUT2D eigenvalue weighted by molar-refractivity contribution is 7.89. The highest BCUT2D eigenvalue weighted by Crippen LogP contribution is 2.29. The van der Waals surface area contributed by atoms with E-state index in [1.54, 1.807) is 22.5 Å². The molecule has 1 spiro atoms. The van der Waals surface area contributed by atoms with Crippen LogP contribution in [0.5, 0.6) is 0 Å². The maximum absolute atomic E-state index is 13.5. The number of hydrogen-bond donors (Lipinski definition) is 2. The topological polar surface area (TPSA) is 73.8 Å². The van der Waals surface area contributed by atoms with Crippen molar-refractivity contribution in [2.45, 2.75) is 49.6 Å². The predicted molar refractivity (Wildman–Crippen MR) is 132 cm³/mol. The van der Waals surface area contributed by atoms with Crippen LogP contribution in [0.15, 0.2) is 58.4 Å². The number of nitrogens with zero attached hydrogens (tertiary/aromatic N) is 2. The van der Waals surface area contributed by atoms with Gasteiger partial charge in [-0.1, -0.05) is 38.1 Å². The molecule has 2 aliphatic heterocycles. The molecule has 2 heterocycles. The van der Waals surface area contributed by atoms with Crippen LogP contribution in [0.25, 0.3) is 0 Å². The number of halogens is 2. The first-order valence-electron chi connectivity index (χ1n) is 11.2. The number of aliphatic imine (C=N–C) groups is 1. The number of amidine groups is 1. The maximum Gasteiger partial charge on any atom is 0.243 e. The van der Waals surface area contributed by atoms with Crippen LogP contribution in [0.3, 0.4) is 0 Å². The lowest BCUT2D eigenvalue weighted by Gasteiger charge is -2.44. The third-order valence-corrected chi connectivity index (χ3v) is 8.32. The molecule has 4 rings (SSSR count). The van der Waals surface area contributed by atoms with Gasteiger partial charge in [0.1, 0.15) is 11.7 Å². The molecule has 9 heteroatoms. The number of nitrogens with one attached hydrogen (secondary N) is 2. The first kappa shape index (κ1) is 25.6. The van der Waals surface area contributed by atoms with Gasteiger partial charge in [-0.05, 0) is 54.2 Å². The van der Waals surface area contributed by atoms with Crippen LogP contribution >= 0.6 is 12.4 Å². The highest BCUT2D eigenvalue weighted by Gasteiger charge is 2.43. The fraction of sp³-hybridized carbons (Fsp3) is 0.458. The summed E-state index contributed by atoms with van der Waals surface area (Å²) in [6.07, 6.45) is 1.26. The summed E-state index contributed by atoms with van der Waals surface area (Å²) in [7, 11) is -3.53. The van der Waals surface area contributed by atoms with Crippen molar-refractivity contribution >= 4 is 28.3 Å². The van der Waals surface area contributed by atoms with Crippen molar-refractivity contribution in [2.75, 3.05) is 26.2 Å². The first-order chi connectivity index (χ1) is 15.3. The Balaban J connectivity index is 0.00000306. The second-order valence-electron chi connectivity index (χ2n) is 8.85. The summed E-state index contributed by atoms with van der Waals surface area (Å²) in [5.74, 6) is 0.936. The second-order valence-corrected chi connectivity index (χ2v) is 10.8. The summed E-state index contributed by atoms with van der Waals surface area (Å²) < 4.78 is 41.5. The molecule has 1 saturated heterocycles. The van der Waals surface area contributed by atoms with Gasteiger partial charge in [0.15, 0.2) is 0 Å². The Labute approximate surface area is 202 Å². The van der Waals surface area contributed by atoms with Crippen LogP contribution in [-0.4, -0.2) is 50.3 Å². The van der Waals surface area contributed by atoms with Crippen molar-refractivity contribution in [3.63, 3.8) is 0 Å². The molecule has 2 aliphatic rings. The normalized spacial score (nSPS) is 18.6. The van der Waals surface area contributed by atoms with Crippen LogP contribution in [0.2, 0.25) is 0 Å². The monoisotopic (exact) mass is 494 g/mol. The molecule has 2 aromatic rings. The van der Waals surface area contributed by atoms with Crippen LogP contribution < -0.4 is 10.6 Å². The van der Waals surface area contributed by atoms with Gasteiger partial charge < -0.3 is 10.6 Å². The van der Waals surface area contributed by atoms with E-state index in [-0.39, 0.29) is 23.8 Å². The molecule has 0 saturated carbocycles. The van der Waals surface area contributed by atoms with Crippen molar-refractivity contribution in [3.8, 4) is 0 Å². The lowest BCUT2D eigenvalue weighted by molar-refractivity contribution is 0.241. The van der Waals surface area contributed by atoms with Crippen molar-refractivity contribution < 1.29 is 12.8 Å². The van der Waals surface area contributed by atoms with E-state index in [0.717, 1.165) is 23.5 Å². The van der Waals surface area contributed by atoms with E-state index in [2.05, 4.69) is 24.5 Å². The summed E-state index contributed by atoms with van der Waals surface area (Å²) in [6, 6.07) is 13.7. The van der Waals surface area contributed by atoms with Crippen LogP contribution in [0.1, 0.15) is 43.7 Å². The van der Waals surface area contributed by atoms with Gasteiger partial charge in [-0.15, -0.1) is 12.4 Å². The van der Waals surface area contributed by atoms with E-state index < -0.39 is 10.0 Å². The SMILES string of the molecule is CC(C)c1ccc(S(=O)(=O)N2CCC3(CC2)NCCN=C3NCc2cccc(F)c2)cc1.Cl. The Morgan fingerprint density at radius 1 is 1.15 bits per heavy atom. The van der Waals surface area contributed by atoms with Gasteiger partial charge in [0.2, 0.25) is 10.0 Å². The minimum absolute atomic E-state index is 0. The van der Waals surface area contributed by atoms with E-state index in [0.29, 0.717) is 49.8 Å². The molecule has 6 nitrogen and oxygen atoms in total. The number of benzene rings is 2. The van der Waals surface area contributed by atoms with E-state index in [4.69, 9.17) is 4.99 Å². The first-order valence-corrected chi connectivity index (χ1v) is 12.6. The summed E-state index contributed by atoms with van der Waals surface area (Å²) in [4.78, 5) is 5.04. The lowest BCUT2D eigenvalue weighted by Crippen LogP contribution is -2.64. The van der Waals surface area contributed by atoms with Gasteiger partial charge in [-0.2, -0.15) is 4.31 Å². The van der Waals surface area contributed by atoms with Gasteiger partial charge in [-0.3, -0.25) is 4.99 Å². The zero-order valence-electron chi connectivity index (χ0n) is 19.1. The average Bonchev–Trinajstić information content (AvgIpc) is 2.79. The Hall–Kier alpha value is -2.00. The molecule has 0 bridgehead atoms. The fourth-order valence-electron chi connectivity index (χ4n) is 4.45. The van der Waals surface area contributed by atoms with Crippen molar-refractivity contribution in [2.24, 2.45) is 4.99 Å². The van der Waals surface area contributed by atoms with E-state index in [1.807, 2.05) is 18.2 Å². The van der Waals surface area contributed by atoms with Crippen LogP contribution in [0.4, 0.5) is 4.39 Å². The summed E-state index contributed by atoms with van der Waals surface area (Å²) in [5, 5.41) is 6.96. The molecule has 1 fully saturated rings. The van der Waals surface area contributed by atoms with Gasteiger partial charge in [-0.25, -0.2) is 12.8 Å². The molecule has 0 aromatic heterocycles. The summed E-state index contributed by atoms with van der Waals surface area (Å²) >= 11 is 0. The Morgan fingerprint density at radius 3 is 2.48 bits per heavy atom. The molecule has 0 atom stereocenters. The predicted octanol–water partition coefficient (Wildman–Crippen LogP) is 3.69. The van der Waals surface area contributed by atoms with E-state index >= 15 is 0 Å². The highest BCUT2D eigenvalue weighted by atomic mass is 35.5. The van der Waals surface area contributed by atoms with Gasteiger partial charge in [0.05, 0.1) is 17.0 Å². The van der Waals surface area contributed by atoms with Crippen molar-refractivity contribution in [1.82, 2.24) is 14.9 Å². The molecule has 2 aromatic carbocycles. The molecule has 180 valence electrons. The van der Waals surface area contributed by atoms with E-state index in [9.17, 15) is 12.8 Å². The smallest absolute Gasteiger partial charge is 0.243 e. The third kappa shape index (κ3) is 5.57. The number of hydrogen-bond acceptors (Lipinski definition) is 5. The summed E-state index contributed by atoms with van der Waals surface area (Å²) in [5.41, 5.74) is 1.59. The molecule has 33 heavy (non-hydrogen) atoms. The van der Waals surface area contributed by atoms with Crippen LogP contribution in [0, 0.1) is 5.82 Å². The molecular formula is C24H32ClFN4O2S.